The fourth-order valence-electron chi connectivity index (χ4n) is 1.43. The summed E-state index contributed by atoms with van der Waals surface area (Å²) in [7, 11) is 0. The van der Waals surface area contributed by atoms with E-state index in [9.17, 15) is 4.79 Å². The number of carboxylic acid groups (broad SMARTS) is 1. The van der Waals surface area contributed by atoms with Gasteiger partial charge in [0.1, 0.15) is 5.76 Å². The number of furan rings is 1. The average molecular weight is 233 g/mol. The summed E-state index contributed by atoms with van der Waals surface area (Å²) >= 11 is 0. The van der Waals surface area contributed by atoms with Gasteiger partial charge in [-0.05, 0) is 13.0 Å². The summed E-state index contributed by atoms with van der Waals surface area (Å²) < 4.78 is 5.14. The third-order valence-electron chi connectivity index (χ3n) is 2.13. The second kappa shape index (κ2) is 5.69. The van der Waals surface area contributed by atoms with E-state index in [-0.39, 0.29) is 25.4 Å². The molecule has 0 aliphatic heterocycles. The second-order valence-corrected chi connectivity index (χ2v) is 3.49. The van der Waals surface area contributed by atoms with E-state index in [4.69, 9.17) is 20.0 Å². The average Bonchev–Trinajstić information content (AvgIpc) is 2.60. The van der Waals surface area contributed by atoms with Crippen LogP contribution in [-0.4, -0.2) is 29.1 Å². The highest BCUT2D eigenvalue weighted by Crippen LogP contribution is 2.16. The first kappa shape index (κ1) is 12.8. The minimum atomic E-state index is -1.12. The van der Waals surface area contributed by atoms with Crippen LogP contribution in [0.15, 0.2) is 10.5 Å². The zero-order valence-electron chi connectivity index (χ0n) is 9.30. The molecule has 0 radical (unpaired) electrons. The Kier molecular flexibility index (Phi) is 4.27. The predicted octanol–water partition coefficient (Wildman–Crippen LogP) is 1.14. The van der Waals surface area contributed by atoms with Crippen LogP contribution >= 0.6 is 0 Å². The Morgan fingerprint density at radius 3 is 2.47 bits per heavy atom. The van der Waals surface area contributed by atoms with Gasteiger partial charge in [-0.25, -0.2) is 4.79 Å². The molecule has 1 heterocycles. The standard InChI is InChI=1S/C11H11N3O3/c1-8-6-9(17-10(8)11(15)16)7-14(4-2-12)5-3-13/h6H,4-5,7H2,1H3,(H,15,16). The van der Waals surface area contributed by atoms with E-state index in [1.165, 1.54) is 0 Å². The van der Waals surface area contributed by atoms with Gasteiger partial charge >= 0.3 is 5.97 Å². The molecule has 1 aromatic heterocycles. The molecule has 1 N–H and O–H groups in total. The molecule has 0 unspecified atom stereocenters. The Balaban J connectivity index is 2.80. The van der Waals surface area contributed by atoms with E-state index in [1.807, 2.05) is 12.1 Å². The number of carboxylic acids is 1. The molecule has 0 spiro atoms. The first-order chi connectivity index (χ1) is 8.08. The van der Waals surface area contributed by atoms with Crippen molar-refractivity contribution in [2.24, 2.45) is 0 Å². The van der Waals surface area contributed by atoms with Crippen LogP contribution in [0.2, 0.25) is 0 Å². The maximum atomic E-state index is 10.8. The minimum Gasteiger partial charge on any atom is -0.475 e. The van der Waals surface area contributed by atoms with E-state index in [2.05, 4.69) is 0 Å². The van der Waals surface area contributed by atoms with Crippen molar-refractivity contribution in [2.45, 2.75) is 13.5 Å². The van der Waals surface area contributed by atoms with Gasteiger partial charge in [-0.3, -0.25) is 4.90 Å². The monoisotopic (exact) mass is 233 g/mol. The van der Waals surface area contributed by atoms with Crippen molar-refractivity contribution in [1.82, 2.24) is 4.90 Å². The van der Waals surface area contributed by atoms with E-state index in [0.29, 0.717) is 11.3 Å². The summed E-state index contributed by atoms with van der Waals surface area (Å²) in [5.41, 5.74) is 0.529. The lowest BCUT2D eigenvalue weighted by Gasteiger charge is -2.12. The lowest BCUT2D eigenvalue weighted by molar-refractivity contribution is 0.0657. The Morgan fingerprint density at radius 1 is 1.47 bits per heavy atom. The van der Waals surface area contributed by atoms with Crippen LogP contribution in [-0.2, 0) is 6.54 Å². The maximum absolute atomic E-state index is 10.8. The van der Waals surface area contributed by atoms with Gasteiger partial charge in [-0.1, -0.05) is 0 Å². The number of aryl methyl sites for hydroxylation is 1. The molecule has 1 aromatic rings. The van der Waals surface area contributed by atoms with E-state index < -0.39 is 5.97 Å². The van der Waals surface area contributed by atoms with Crippen LogP contribution in [0.5, 0.6) is 0 Å². The molecule has 0 aliphatic rings. The van der Waals surface area contributed by atoms with Crippen LogP contribution in [0.4, 0.5) is 0 Å². The third-order valence-corrected chi connectivity index (χ3v) is 2.13. The van der Waals surface area contributed by atoms with Crippen molar-refractivity contribution in [3.63, 3.8) is 0 Å². The molecule has 0 aromatic carbocycles. The molecule has 17 heavy (non-hydrogen) atoms. The van der Waals surface area contributed by atoms with Gasteiger partial charge in [-0.2, -0.15) is 10.5 Å². The molecule has 6 heteroatoms. The summed E-state index contributed by atoms with van der Waals surface area (Å²) in [6.45, 7) is 2.07. The van der Waals surface area contributed by atoms with Gasteiger partial charge in [0.2, 0.25) is 5.76 Å². The lowest BCUT2D eigenvalue weighted by atomic mass is 10.2. The SMILES string of the molecule is Cc1cc(CN(CC#N)CC#N)oc1C(=O)O. The van der Waals surface area contributed by atoms with Crippen molar-refractivity contribution < 1.29 is 14.3 Å². The Labute approximate surface area is 98.3 Å². The van der Waals surface area contributed by atoms with Gasteiger partial charge < -0.3 is 9.52 Å². The molecule has 0 aliphatic carbocycles. The van der Waals surface area contributed by atoms with Crippen molar-refractivity contribution in [3.8, 4) is 12.1 Å². The third kappa shape index (κ3) is 3.33. The van der Waals surface area contributed by atoms with Crippen molar-refractivity contribution >= 4 is 5.97 Å². The Hall–Kier alpha value is -2.31. The van der Waals surface area contributed by atoms with Gasteiger partial charge in [0.15, 0.2) is 0 Å². The zero-order valence-corrected chi connectivity index (χ0v) is 9.30. The molecular formula is C11H11N3O3. The van der Waals surface area contributed by atoms with Gasteiger partial charge in [-0.15, -0.1) is 0 Å². The molecule has 0 amide bonds. The number of hydrogen-bond donors (Lipinski definition) is 1. The number of aromatic carboxylic acids is 1. The van der Waals surface area contributed by atoms with E-state index >= 15 is 0 Å². The highest BCUT2D eigenvalue weighted by Gasteiger charge is 2.16. The van der Waals surface area contributed by atoms with Crippen LogP contribution < -0.4 is 0 Å². The van der Waals surface area contributed by atoms with Gasteiger partial charge in [0.25, 0.3) is 0 Å². The molecule has 88 valence electrons. The topological polar surface area (TPSA) is 101 Å². The smallest absolute Gasteiger partial charge is 0.372 e. The molecule has 1 rings (SSSR count). The Morgan fingerprint density at radius 2 is 2.06 bits per heavy atom. The highest BCUT2D eigenvalue weighted by atomic mass is 16.4. The van der Waals surface area contributed by atoms with Crippen LogP contribution in [0.1, 0.15) is 21.9 Å². The fraction of sp³-hybridized carbons (Fsp3) is 0.364. The summed E-state index contributed by atoms with van der Waals surface area (Å²) in [4.78, 5) is 12.3. The van der Waals surface area contributed by atoms with Crippen molar-refractivity contribution in [2.75, 3.05) is 13.1 Å². The number of rotatable bonds is 5. The maximum Gasteiger partial charge on any atom is 0.372 e. The van der Waals surface area contributed by atoms with E-state index in [0.717, 1.165) is 0 Å². The summed E-state index contributed by atoms with van der Waals surface area (Å²) in [6.07, 6.45) is 0. The van der Waals surface area contributed by atoms with Crippen molar-refractivity contribution in [3.05, 3.63) is 23.2 Å². The normalized spacial score (nSPS) is 9.88. The van der Waals surface area contributed by atoms with E-state index in [1.54, 1.807) is 17.9 Å². The summed E-state index contributed by atoms with van der Waals surface area (Å²) in [6, 6.07) is 5.47. The number of nitriles is 2. The lowest BCUT2D eigenvalue weighted by Crippen LogP contribution is -2.23. The first-order valence-electron chi connectivity index (χ1n) is 4.87. The van der Waals surface area contributed by atoms with Crippen LogP contribution in [0.3, 0.4) is 0 Å². The second-order valence-electron chi connectivity index (χ2n) is 3.49. The first-order valence-corrected chi connectivity index (χ1v) is 4.87. The molecular weight excluding hydrogens is 222 g/mol. The molecule has 0 bridgehead atoms. The minimum absolute atomic E-state index is 0.0930. The van der Waals surface area contributed by atoms with Gasteiger partial charge in [0, 0.05) is 5.56 Å². The number of hydrogen-bond acceptors (Lipinski definition) is 5. The molecule has 0 fully saturated rings. The summed E-state index contributed by atoms with van der Waals surface area (Å²) in [5, 5.41) is 25.9. The molecule has 0 atom stereocenters. The Bertz CT molecular complexity index is 477. The fourth-order valence-corrected chi connectivity index (χ4v) is 1.43. The molecule has 0 saturated carbocycles. The van der Waals surface area contributed by atoms with Gasteiger partial charge in [0.05, 0.1) is 31.8 Å². The number of carbonyl (C=O) groups is 1. The summed E-state index contributed by atoms with van der Waals surface area (Å²) in [5.74, 6) is -0.792. The predicted molar refractivity (Wildman–Crippen MR) is 56.9 cm³/mol. The van der Waals surface area contributed by atoms with Crippen LogP contribution in [0, 0.1) is 29.6 Å². The molecule has 0 saturated heterocycles. The largest absolute Gasteiger partial charge is 0.475 e. The highest BCUT2D eigenvalue weighted by molar-refractivity contribution is 5.86. The quantitative estimate of drug-likeness (QED) is 0.765. The van der Waals surface area contributed by atoms with Crippen LogP contribution in [0.25, 0.3) is 0 Å². The van der Waals surface area contributed by atoms with Crippen molar-refractivity contribution in [1.29, 1.82) is 10.5 Å². The molecule has 6 nitrogen and oxygen atoms in total. The number of nitrogens with zero attached hydrogens (tertiary/aromatic N) is 3. The zero-order chi connectivity index (χ0) is 12.8.